The summed E-state index contributed by atoms with van der Waals surface area (Å²) in [5.74, 6) is 2.06. The van der Waals surface area contributed by atoms with Gasteiger partial charge in [0.2, 0.25) is 0 Å². The average Bonchev–Trinajstić information content (AvgIpc) is 2.61. The molecule has 0 saturated carbocycles. The number of thioether (sulfide) groups is 1. The number of aryl methyl sites for hydroxylation is 1. The van der Waals surface area contributed by atoms with Crippen LogP contribution >= 0.6 is 11.8 Å². The van der Waals surface area contributed by atoms with E-state index in [4.69, 9.17) is 4.74 Å². The highest BCUT2D eigenvalue weighted by Gasteiger charge is 2.15. The summed E-state index contributed by atoms with van der Waals surface area (Å²) in [6, 6.07) is 16.4. The number of fused-ring (bicyclic) bond motifs is 1. The zero-order valence-corrected chi connectivity index (χ0v) is 14.0. The van der Waals surface area contributed by atoms with Crippen LogP contribution in [-0.4, -0.2) is 30.1 Å². The summed E-state index contributed by atoms with van der Waals surface area (Å²) in [6.45, 7) is 1.60. The molecule has 1 aliphatic rings. The van der Waals surface area contributed by atoms with Crippen LogP contribution in [0.1, 0.15) is 17.5 Å². The Bertz CT molecular complexity index is 618. The largest absolute Gasteiger partial charge is 0.490 e. The SMILES string of the molecule is OC(CNCc1ccccc1)COc1cccc2c1SCCC2. The summed E-state index contributed by atoms with van der Waals surface area (Å²) >= 11 is 1.86. The van der Waals surface area contributed by atoms with E-state index < -0.39 is 6.10 Å². The molecule has 0 aliphatic carbocycles. The van der Waals surface area contributed by atoms with Crippen LogP contribution in [0.4, 0.5) is 0 Å². The Balaban J connectivity index is 1.45. The Morgan fingerprint density at radius 3 is 2.87 bits per heavy atom. The molecule has 122 valence electrons. The lowest BCUT2D eigenvalue weighted by molar-refractivity contribution is 0.104. The number of nitrogens with one attached hydrogen (secondary N) is 1. The van der Waals surface area contributed by atoms with Gasteiger partial charge in [-0.2, -0.15) is 0 Å². The van der Waals surface area contributed by atoms with E-state index in [0.29, 0.717) is 13.2 Å². The molecule has 0 aromatic heterocycles. The van der Waals surface area contributed by atoms with Gasteiger partial charge in [0.05, 0.1) is 4.90 Å². The Labute approximate surface area is 142 Å². The van der Waals surface area contributed by atoms with Crippen LogP contribution in [0.25, 0.3) is 0 Å². The van der Waals surface area contributed by atoms with Crippen molar-refractivity contribution in [1.82, 2.24) is 5.32 Å². The Morgan fingerprint density at radius 2 is 2.00 bits per heavy atom. The average molecular weight is 329 g/mol. The van der Waals surface area contributed by atoms with Crippen LogP contribution in [0, 0.1) is 0 Å². The first-order valence-electron chi connectivity index (χ1n) is 8.13. The fourth-order valence-corrected chi connectivity index (χ4v) is 3.81. The molecule has 3 rings (SSSR count). The van der Waals surface area contributed by atoms with E-state index in [0.717, 1.165) is 24.5 Å². The molecule has 0 bridgehead atoms. The number of aliphatic hydroxyl groups is 1. The zero-order valence-electron chi connectivity index (χ0n) is 13.2. The van der Waals surface area contributed by atoms with Crippen LogP contribution in [0.2, 0.25) is 0 Å². The van der Waals surface area contributed by atoms with Gasteiger partial charge in [0.15, 0.2) is 0 Å². The quantitative estimate of drug-likeness (QED) is 0.818. The van der Waals surface area contributed by atoms with Crippen molar-refractivity contribution >= 4 is 11.8 Å². The number of hydrogen-bond acceptors (Lipinski definition) is 4. The minimum atomic E-state index is -0.511. The normalized spacial score (nSPS) is 15.0. The van der Waals surface area contributed by atoms with Gasteiger partial charge in [0.25, 0.3) is 0 Å². The summed E-state index contributed by atoms with van der Waals surface area (Å²) in [7, 11) is 0. The lowest BCUT2D eigenvalue weighted by Gasteiger charge is -2.20. The molecule has 23 heavy (non-hydrogen) atoms. The third kappa shape index (κ3) is 4.74. The van der Waals surface area contributed by atoms with Crippen molar-refractivity contribution in [3.05, 3.63) is 59.7 Å². The molecule has 2 aromatic carbocycles. The van der Waals surface area contributed by atoms with Crippen LogP contribution < -0.4 is 10.1 Å². The number of ether oxygens (including phenoxy) is 1. The highest BCUT2D eigenvalue weighted by atomic mass is 32.2. The molecule has 1 aliphatic heterocycles. The molecule has 1 atom stereocenters. The lowest BCUT2D eigenvalue weighted by Crippen LogP contribution is -2.31. The van der Waals surface area contributed by atoms with E-state index in [2.05, 4.69) is 23.5 Å². The van der Waals surface area contributed by atoms with E-state index in [9.17, 15) is 5.11 Å². The first kappa shape index (κ1) is 16.4. The molecule has 0 saturated heterocycles. The summed E-state index contributed by atoms with van der Waals surface area (Å²) in [5.41, 5.74) is 2.59. The summed E-state index contributed by atoms with van der Waals surface area (Å²) in [6.07, 6.45) is 1.84. The van der Waals surface area contributed by atoms with E-state index >= 15 is 0 Å². The van der Waals surface area contributed by atoms with Gasteiger partial charge in [0, 0.05) is 13.1 Å². The molecule has 4 heteroatoms. The monoisotopic (exact) mass is 329 g/mol. The number of aliphatic hydroxyl groups excluding tert-OH is 1. The first-order chi connectivity index (χ1) is 11.3. The number of benzene rings is 2. The predicted molar refractivity (Wildman–Crippen MR) is 95.1 cm³/mol. The van der Waals surface area contributed by atoms with Gasteiger partial charge in [-0.15, -0.1) is 11.8 Å². The Kier molecular flexibility index (Phi) is 5.97. The molecule has 2 N–H and O–H groups in total. The molecule has 0 spiro atoms. The van der Waals surface area contributed by atoms with E-state index in [1.54, 1.807) is 0 Å². The van der Waals surface area contributed by atoms with Crippen LogP contribution in [-0.2, 0) is 13.0 Å². The second-order valence-electron chi connectivity index (χ2n) is 5.78. The van der Waals surface area contributed by atoms with Crippen molar-refractivity contribution < 1.29 is 9.84 Å². The van der Waals surface area contributed by atoms with E-state index in [-0.39, 0.29) is 0 Å². The Hall–Kier alpha value is -1.49. The summed E-state index contributed by atoms with van der Waals surface area (Å²) < 4.78 is 5.86. The molecular weight excluding hydrogens is 306 g/mol. The van der Waals surface area contributed by atoms with Gasteiger partial charge in [0.1, 0.15) is 18.5 Å². The minimum Gasteiger partial charge on any atom is -0.490 e. The van der Waals surface area contributed by atoms with Crippen LogP contribution in [0.15, 0.2) is 53.4 Å². The predicted octanol–water partition coefficient (Wildman–Crippen LogP) is 3.25. The minimum absolute atomic E-state index is 0.318. The van der Waals surface area contributed by atoms with Crippen LogP contribution in [0.3, 0.4) is 0 Å². The molecule has 0 radical (unpaired) electrons. The lowest BCUT2D eigenvalue weighted by atomic mass is 10.1. The molecular formula is C19H23NO2S. The highest BCUT2D eigenvalue weighted by Crippen LogP contribution is 2.37. The maximum atomic E-state index is 10.1. The first-order valence-corrected chi connectivity index (χ1v) is 9.11. The standard InChI is InChI=1S/C19H23NO2S/c21-17(13-20-12-15-6-2-1-3-7-15)14-22-18-10-4-8-16-9-5-11-23-19(16)18/h1-4,6-8,10,17,20-21H,5,9,11-14H2. The number of rotatable bonds is 7. The van der Waals surface area contributed by atoms with Crippen molar-refractivity contribution in [2.75, 3.05) is 18.9 Å². The van der Waals surface area contributed by atoms with Gasteiger partial charge >= 0.3 is 0 Å². The molecule has 0 amide bonds. The Morgan fingerprint density at radius 1 is 1.13 bits per heavy atom. The number of hydrogen-bond donors (Lipinski definition) is 2. The third-order valence-electron chi connectivity index (χ3n) is 3.88. The molecule has 1 heterocycles. The molecule has 1 unspecified atom stereocenters. The van der Waals surface area contributed by atoms with Gasteiger partial charge < -0.3 is 15.2 Å². The summed E-state index contributed by atoms with van der Waals surface area (Å²) in [4.78, 5) is 1.25. The second-order valence-corrected chi connectivity index (χ2v) is 6.88. The van der Waals surface area contributed by atoms with Gasteiger partial charge in [-0.1, -0.05) is 42.5 Å². The smallest absolute Gasteiger partial charge is 0.133 e. The van der Waals surface area contributed by atoms with Crippen LogP contribution in [0.5, 0.6) is 5.75 Å². The van der Waals surface area contributed by atoms with Crippen molar-refractivity contribution in [1.29, 1.82) is 0 Å². The fraction of sp³-hybridized carbons (Fsp3) is 0.368. The van der Waals surface area contributed by atoms with Crippen molar-refractivity contribution in [3.63, 3.8) is 0 Å². The second kappa shape index (κ2) is 8.39. The highest BCUT2D eigenvalue weighted by molar-refractivity contribution is 7.99. The molecule has 0 fully saturated rings. The van der Waals surface area contributed by atoms with Gasteiger partial charge in [-0.25, -0.2) is 0 Å². The summed E-state index contributed by atoms with van der Waals surface area (Å²) in [5, 5.41) is 13.4. The van der Waals surface area contributed by atoms with Crippen molar-refractivity contribution in [3.8, 4) is 5.75 Å². The zero-order chi connectivity index (χ0) is 15.9. The maximum Gasteiger partial charge on any atom is 0.133 e. The van der Waals surface area contributed by atoms with Gasteiger partial charge in [-0.3, -0.25) is 0 Å². The van der Waals surface area contributed by atoms with Crippen molar-refractivity contribution in [2.45, 2.75) is 30.4 Å². The fourth-order valence-electron chi connectivity index (χ4n) is 2.70. The van der Waals surface area contributed by atoms with E-state index in [1.165, 1.54) is 22.4 Å². The topological polar surface area (TPSA) is 41.5 Å². The van der Waals surface area contributed by atoms with Crippen molar-refractivity contribution in [2.24, 2.45) is 0 Å². The molecule has 3 nitrogen and oxygen atoms in total. The van der Waals surface area contributed by atoms with E-state index in [1.807, 2.05) is 42.1 Å². The molecule has 2 aromatic rings. The third-order valence-corrected chi connectivity index (χ3v) is 5.13. The van der Waals surface area contributed by atoms with Gasteiger partial charge in [-0.05, 0) is 35.8 Å². The maximum absolute atomic E-state index is 10.1.